The maximum Gasteiger partial charge on any atom is 0.415 e. The summed E-state index contributed by atoms with van der Waals surface area (Å²) < 4.78 is 10.1. The topological polar surface area (TPSA) is 193 Å². The third kappa shape index (κ3) is 8.21. The van der Waals surface area contributed by atoms with Crippen molar-refractivity contribution in [2.75, 3.05) is 23.8 Å². The summed E-state index contributed by atoms with van der Waals surface area (Å²) in [6, 6.07) is 9.18. The first-order valence-electron chi connectivity index (χ1n) is 13.6. The second-order valence-electron chi connectivity index (χ2n) is 10.6. The summed E-state index contributed by atoms with van der Waals surface area (Å²) in [6.07, 6.45) is 0.350. The number of ether oxygens (including phenoxy) is 2. The molecule has 2 aromatic rings. The summed E-state index contributed by atoms with van der Waals surface area (Å²) in [4.78, 5) is 73.1. The highest BCUT2D eigenvalue weighted by Gasteiger charge is 2.46. The number of hydrogen-bond donors (Lipinski definition) is 6. The van der Waals surface area contributed by atoms with Gasteiger partial charge in [0.25, 0.3) is 5.91 Å². The van der Waals surface area contributed by atoms with Crippen LogP contribution < -0.4 is 32.1 Å². The quantitative estimate of drug-likeness (QED) is 0.188. The number of imide groups is 1. The molecule has 0 aromatic heterocycles. The van der Waals surface area contributed by atoms with Crippen LogP contribution in [0.1, 0.15) is 56.4 Å². The lowest BCUT2D eigenvalue weighted by atomic mass is 9.69. The zero-order valence-corrected chi connectivity index (χ0v) is 24.4. The fourth-order valence-corrected chi connectivity index (χ4v) is 4.97. The molecule has 1 aliphatic rings. The van der Waals surface area contributed by atoms with E-state index in [0.717, 1.165) is 11.1 Å². The van der Waals surface area contributed by atoms with Crippen molar-refractivity contribution in [1.82, 2.24) is 21.5 Å². The first-order chi connectivity index (χ1) is 20.4. The second kappa shape index (κ2) is 14.2. The minimum atomic E-state index is -1.51. The monoisotopic (exact) mass is 596 g/mol. The van der Waals surface area contributed by atoms with Gasteiger partial charge in [0.15, 0.2) is 0 Å². The van der Waals surface area contributed by atoms with Crippen molar-refractivity contribution in [3.05, 3.63) is 58.7 Å². The zero-order valence-electron chi connectivity index (χ0n) is 24.4. The molecular formula is C29H36N6O8. The van der Waals surface area contributed by atoms with Gasteiger partial charge in [-0.3, -0.25) is 19.8 Å². The standard InChI is InChI=1S/C29H36N6O8/c1-5-42-27(41)33-25(39)35-34-24(38)29(12-13-30-26(40)43-28(2,3)4)22-10-8-20(31-16-36)14-18(22)6-7-19-15-21(32-17-37)9-11-23(19)29/h8-11,14-17H,5-7,12-13H2,1-4H3,(H,30,40)(H,31,36)(H,32,37)(H,34,38)(H2,33,35,39,41). The molecule has 0 heterocycles. The lowest BCUT2D eigenvalue weighted by Gasteiger charge is -2.35. The third-order valence-electron chi connectivity index (χ3n) is 6.58. The molecule has 3 rings (SSSR count). The number of nitrogens with one attached hydrogen (secondary N) is 6. The lowest BCUT2D eigenvalue weighted by molar-refractivity contribution is -0.126. The van der Waals surface area contributed by atoms with Crippen molar-refractivity contribution in [1.29, 1.82) is 0 Å². The number of amides is 7. The van der Waals surface area contributed by atoms with Gasteiger partial charge in [-0.05, 0) is 93.5 Å². The molecule has 0 saturated heterocycles. The van der Waals surface area contributed by atoms with Gasteiger partial charge in [0.1, 0.15) is 11.0 Å². The Morgan fingerprint density at radius 1 is 0.860 bits per heavy atom. The average Bonchev–Trinajstić information content (AvgIpc) is 3.06. The highest BCUT2D eigenvalue weighted by Crippen LogP contribution is 2.44. The van der Waals surface area contributed by atoms with Crippen LogP contribution in [0.2, 0.25) is 0 Å². The summed E-state index contributed by atoms with van der Waals surface area (Å²) in [6.45, 7) is 6.77. The molecule has 6 N–H and O–H groups in total. The minimum absolute atomic E-state index is 0.0141. The SMILES string of the molecule is CCOC(=O)NC(=O)NNC(=O)C1(CCNC(=O)OC(C)(C)C)c2ccc(NC=O)cc2CCc2cc(NC=O)ccc21. The van der Waals surface area contributed by atoms with E-state index in [0.29, 0.717) is 48.2 Å². The van der Waals surface area contributed by atoms with Crippen LogP contribution in [0.15, 0.2) is 36.4 Å². The van der Waals surface area contributed by atoms with Gasteiger partial charge in [-0.15, -0.1) is 0 Å². The summed E-state index contributed by atoms with van der Waals surface area (Å²) in [5, 5.41) is 9.88. The molecular weight excluding hydrogens is 560 g/mol. The molecule has 14 heteroatoms. The Hall–Kier alpha value is -5.14. The van der Waals surface area contributed by atoms with Crippen molar-refractivity contribution in [3.63, 3.8) is 0 Å². The Morgan fingerprint density at radius 3 is 1.91 bits per heavy atom. The smallest absolute Gasteiger partial charge is 0.415 e. The number of aryl methyl sites for hydroxylation is 2. The van der Waals surface area contributed by atoms with Gasteiger partial charge < -0.3 is 25.4 Å². The van der Waals surface area contributed by atoms with Crippen LogP contribution in [-0.2, 0) is 42.1 Å². The van der Waals surface area contributed by atoms with Crippen LogP contribution in [0.4, 0.5) is 25.8 Å². The Balaban J connectivity index is 2.11. The number of carbonyl (C=O) groups is 6. The normalized spacial score (nSPS) is 13.0. The van der Waals surface area contributed by atoms with E-state index in [4.69, 9.17) is 9.47 Å². The van der Waals surface area contributed by atoms with E-state index in [1.54, 1.807) is 64.1 Å². The van der Waals surface area contributed by atoms with Crippen LogP contribution in [0.5, 0.6) is 0 Å². The number of urea groups is 1. The van der Waals surface area contributed by atoms with Gasteiger partial charge in [-0.2, -0.15) is 0 Å². The van der Waals surface area contributed by atoms with Gasteiger partial charge in [0.05, 0.1) is 6.61 Å². The number of rotatable bonds is 9. The lowest BCUT2D eigenvalue weighted by Crippen LogP contribution is -2.56. The molecule has 0 aliphatic heterocycles. The number of hydrazine groups is 1. The Labute approximate surface area is 248 Å². The van der Waals surface area contributed by atoms with Gasteiger partial charge in [0, 0.05) is 17.9 Å². The van der Waals surface area contributed by atoms with Gasteiger partial charge in [-0.25, -0.2) is 25.1 Å². The van der Waals surface area contributed by atoms with Crippen molar-refractivity contribution in [2.45, 2.75) is 58.0 Å². The molecule has 0 fully saturated rings. The number of benzene rings is 2. The first kappa shape index (κ1) is 32.4. The van der Waals surface area contributed by atoms with Crippen LogP contribution in [0.25, 0.3) is 0 Å². The second-order valence-corrected chi connectivity index (χ2v) is 10.6. The molecule has 43 heavy (non-hydrogen) atoms. The largest absolute Gasteiger partial charge is 0.450 e. The molecule has 1 aliphatic carbocycles. The van der Waals surface area contributed by atoms with Gasteiger partial charge in [0.2, 0.25) is 12.8 Å². The maximum absolute atomic E-state index is 14.3. The number of anilines is 2. The molecule has 0 bridgehead atoms. The van der Waals surface area contributed by atoms with E-state index in [1.807, 2.05) is 5.32 Å². The Bertz CT molecular complexity index is 1330. The predicted octanol–water partition coefficient (Wildman–Crippen LogP) is 2.61. The Kier molecular flexibility index (Phi) is 10.7. The van der Waals surface area contributed by atoms with E-state index in [2.05, 4.69) is 26.8 Å². The van der Waals surface area contributed by atoms with Crippen LogP contribution in [0.3, 0.4) is 0 Å². The Morgan fingerprint density at radius 2 is 1.42 bits per heavy atom. The van der Waals surface area contributed by atoms with E-state index in [-0.39, 0.29) is 19.6 Å². The fraction of sp³-hybridized carbons (Fsp3) is 0.379. The van der Waals surface area contributed by atoms with Crippen LogP contribution in [-0.4, -0.2) is 55.7 Å². The molecule has 0 saturated carbocycles. The molecule has 0 atom stereocenters. The molecule has 0 radical (unpaired) electrons. The third-order valence-corrected chi connectivity index (χ3v) is 6.58. The average molecular weight is 597 g/mol. The predicted molar refractivity (Wildman–Crippen MR) is 156 cm³/mol. The van der Waals surface area contributed by atoms with Crippen LogP contribution in [0, 0.1) is 0 Å². The van der Waals surface area contributed by atoms with Crippen molar-refractivity contribution in [3.8, 4) is 0 Å². The minimum Gasteiger partial charge on any atom is -0.450 e. The first-order valence-corrected chi connectivity index (χ1v) is 13.6. The summed E-state index contributed by atoms with van der Waals surface area (Å²) >= 11 is 0. The van der Waals surface area contributed by atoms with E-state index < -0.39 is 35.1 Å². The summed E-state index contributed by atoms with van der Waals surface area (Å²) in [5.74, 6) is -0.672. The van der Waals surface area contributed by atoms with Crippen molar-refractivity contribution >= 4 is 48.3 Å². The number of hydrogen-bond acceptors (Lipinski definition) is 8. The van der Waals surface area contributed by atoms with Crippen molar-refractivity contribution in [2.24, 2.45) is 0 Å². The van der Waals surface area contributed by atoms with E-state index in [9.17, 15) is 28.8 Å². The fourth-order valence-electron chi connectivity index (χ4n) is 4.97. The molecule has 0 unspecified atom stereocenters. The number of carbonyl (C=O) groups excluding carboxylic acids is 6. The highest BCUT2D eigenvalue weighted by atomic mass is 16.6. The number of alkyl carbamates (subject to hydrolysis) is 2. The zero-order chi connectivity index (χ0) is 31.6. The highest BCUT2D eigenvalue weighted by molar-refractivity contribution is 5.96. The molecule has 0 spiro atoms. The summed E-state index contributed by atoms with van der Waals surface area (Å²) in [7, 11) is 0. The summed E-state index contributed by atoms with van der Waals surface area (Å²) in [5.41, 5.74) is 5.96. The van der Waals surface area contributed by atoms with Crippen molar-refractivity contribution < 1.29 is 38.2 Å². The van der Waals surface area contributed by atoms with Gasteiger partial charge in [-0.1, -0.05) is 12.1 Å². The van der Waals surface area contributed by atoms with Gasteiger partial charge >= 0.3 is 18.2 Å². The molecule has 230 valence electrons. The molecule has 7 amide bonds. The van der Waals surface area contributed by atoms with E-state index in [1.165, 1.54) is 0 Å². The number of fused-ring (bicyclic) bond motifs is 2. The van der Waals surface area contributed by atoms with E-state index >= 15 is 0 Å². The molecule has 2 aromatic carbocycles. The maximum atomic E-state index is 14.3. The van der Waals surface area contributed by atoms with Crippen LogP contribution >= 0.6 is 0 Å². The molecule has 14 nitrogen and oxygen atoms in total.